The van der Waals surface area contributed by atoms with Gasteiger partial charge in [-0.2, -0.15) is 5.10 Å². The van der Waals surface area contributed by atoms with Crippen molar-refractivity contribution in [2.24, 2.45) is 0 Å². The molecule has 0 radical (unpaired) electrons. The van der Waals surface area contributed by atoms with Crippen LogP contribution in [-0.4, -0.2) is 20.7 Å². The molecule has 5 nitrogen and oxygen atoms in total. The lowest BCUT2D eigenvalue weighted by Gasteiger charge is -1.99. The Morgan fingerprint density at radius 1 is 1.44 bits per heavy atom. The van der Waals surface area contributed by atoms with E-state index < -0.39 is 0 Å². The van der Waals surface area contributed by atoms with Gasteiger partial charge in [0.2, 0.25) is 5.91 Å². The van der Waals surface area contributed by atoms with E-state index in [1.807, 2.05) is 19.1 Å². The van der Waals surface area contributed by atoms with Crippen LogP contribution in [0.25, 0.3) is 5.69 Å². The number of hydrogen-bond acceptors (Lipinski definition) is 3. The molecular formula is C11H12N4O. The third kappa shape index (κ3) is 2.25. The van der Waals surface area contributed by atoms with Crippen molar-refractivity contribution >= 4 is 11.6 Å². The highest BCUT2D eigenvalue weighted by Crippen LogP contribution is 2.10. The van der Waals surface area contributed by atoms with Crippen molar-refractivity contribution in [3.05, 3.63) is 36.9 Å². The van der Waals surface area contributed by atoms with Crippen molar-refractivity contribution < 1.29 is 4.79 Å². The van der Waals surface area contributed by atoms with Crippen LogP contribution in [-0.2, 0) is 4.79 Å². The van der Waals surface area contributed by atoms with Gasteiger partial charge in [-0.25, -0.2) is 4.68 Å². The summed E-state index contributed by atoms with van der Waals surface area (Å²) in [5.74, 6) is -0.0192. The third-order valence-electron chi connectivity index (χ3n) is 2.11. The topological polar surface area (TPSA) is 59.8 Å². The smallest absolute Gasteiger partial charge is 0.224 e. The minimum atomic E-state index is -0.0192. The summed E-state index contributed by atoms with van der Waals surface area (Å²) < 4.78 is 1.69. The molecule has 0 spiro atoms. The van der Waals surface area contributed by atoms with E-state index in [1.165, 1.54) is 0 Å². The van der Waals surface area contributed by atoms with Gasteiger partial charge >= 0.3 is 0 Å². The van der Waals surface area contributed by atoms with Crippen molar-refractivity contribution in [2.75, 3.05) is 5.32 Å². The van der Waals surface area contributed by atoms with Gasteiger partial charge in [-0.1, -0.05) is 6.92 Å². The van der Waals surface area contributed by atoms with Crippen molar-refractivity contribution in [1.29, 1.82) is 0 Å². The Morgan fingerprint density at radius 3 is 2.88 bits per heavy atom. The number of carbonyl (C=O) groups is 1. The standard InChI is InChI=1S/C11H12N4O/c1-2-11(16)14-9-7-13-15(8-9)10-3-5-12-6-4-10/h3-8H,2H2,1H3,(H,14,16). The van der Waals surface area contributed by atoms with Gasteiger partial charge < -0.3 is 5.32 Å². The first-order valence-corrected chi connectivity index (χ1v) is 5.04. The van der Waals surface area contributed by atoms with E-state index in [-0.39, 0.29) is 5.91 Å². The van der Waals surface area contributed by atoms with Crippen LogP contribution in [0, 0.1) is 0 Å². The maximum Gasteiger partial charge on any atom is 0.224 e. The van der Waals surface area contributed by atoms with Crippen LogP contribution in [0.5, 0.6) is 0 Å². The fourth-order valence-corrected chi connectivity index (χ4v) is 1.27. The molecule has 0 fully saturated rings. The minimum Gasteiger partial charge on any atom is -0.323 e. The Labute approximate surface area is 93.1 Å². The summed E-state index contributed by atoms with van der Waals surface area (Å²) in [7, 11) is 0. The molecule has 0 aliphatic rings. The summed E-state index contributed by atoms with van der Waals surface area (Å²) in [6.45, 7) is 1.81. The van der Waals surface area contributed by atoms with Crippen LogP contribution in [0.4, 0.5) is 5.69 Å². The van der Waals surface area contributed by atoms with Gasteiger partial charge in [-0.3, -0.25) is 9.78 Å². The van der Waals surface area contributed by atoms with Crippen LogP contribution in [0.2, 0.25) is 0 Å². The summed E-state index contributed by atoms with van der Waals surface area (Å²) in [4.78, 5) is 15.1. The second-order valence-electron chi connectivity index (χ2n) is 3.28. The Balaban J connectivity index is 2.17. The first-order chi connectivity index (χ1) is 7.79. The number of nitrogens with zero attached hydrogens (tertiary/aromatic N) is 3. The average Bonchev–Trinajstić information content (AvgIpc) is 2.78. The highest BCUT2D eigenvalue weighted by atomic mass is 16.1. The van der Waals surface area contributed by atoms with Crippen LogP contribution in [0.3, 0.4) is 0 Å². The number of hydrogen-bond donors (Lipinski definition) is 1. The molecule has 82 valence electrons. The molecule has 1 amide bonds. The minimum absolute atomic E-state index is 0.0192. The highest BCUT2D eigenvalue weighted by molar-refractivity contribution is 5.90. The molecule has 1 N–H and O–H groups in total. The number of rotatable bonds is 3. The lowest BCUT2D eigenvalue weighted by Crippen LogP contribution is -2.08. The van der Waals surface area contributed by atoms with Crippen LogP contribution >= 0.6 is 0 Å². The van der Waals surface area contributed by atoms with Gasteiger partial charge in [0.15, 0.2) is 0 Å². The molecule has 0 aliphatic heterocycles. The van der Waals surface area contributed by atoms with Crippen LogP contribution in [0.1, 0.15) is 13.3 Å². The second kappa shape index (κ2) is 4.57. The zero-order valence-electron chi connectivity index (χ0n) is 8.92. The maximum atomic E-state index is 11.2. The van der Waals surface area contributed by atoms with Gasteiger partial charge in [0, 0.05) is 18.8 Å². The first kappa shape index (κ1) is 10.4. The van der Waals surface area contributed by atoms with Gasteiger partial charge in [0.05, 0.1) is 23.8 Å². The summed E-state index contributed by atoms with van der Waals surface area (Å²) in [6.07, 6.45) is 7.24. The number of carbonyl (C=O) groups excluding carboxylic acids is 1. The molecule has 16 heavy (non-hydrogen) atoms. The molecule has 2 heterocycles. The molecule has 0 saturated heterocycles. The molecule has 2 aromatic rings. The first-order valence-electron chi connectivity index (χ1n) is 5.04. The van der Waals surface area contributed by atoms with E-state index in [9.17, 15) is 4.79 Å². The lowest BCUT2D eigenvalue weighted by atomic mass is 10.4. The molecule has 2 aromatic heterocycles. The van der Waals surface area contributed by atoms with Crippen molar-refractivity contribution in [1.82, 2.24) is 14.8 Å². The van der Waals surface area contributed by atoms with Crippen LogP contribution < -0.4 is 5.32 Å². The van der Waals surface area contributed by atoms with E-state index in [4.69, 9.17) is 0 Å². The molecule has 0 bridgehead atoms. The van der Waals surface area contributed by atoms with E-state index in [1.54, 1.807) is 29.5 Å². The van der Waals surface area contributed by atoms with Gasteiger partial charge in [0.25, 0.3) is 0 Å². The van der Waals surface area contributed by atoms with Crippen LogP contribution in [0.15, 0.2) is 36.9 Å². The molecular weight excluding hydrogens is 204 g/mol. The van der Waals surface area contributed by atoms with Gasteiger partial charge in [-0.15, -0.1) is 0 Å². The van der Waals surface area contributed by atoms with Crippen molar-refractivity contribution in [3.63, 3.8) is 0 Å². The maximum absolute atomic E-state index is 11.2. The van der Waals surface area contributed by atoms with E-state index in [0.29, 0.717) is 12.1 Å². The third-order valence-corrected chi connectivity index (χ3v) is 2.11. The SMILES string of the molecule is CCC(=O)Nc1cnn(-c2ccncc2)c1. The Morgan fingerprint density at radius 2 is 2.19 bits per heavy atom. The zero-order chi connectivity index (χ0) is 11.4. The molecule has 5 heteroatoms. The summed E-state index contributed by atoms with van der Waals surface area (Å²) in [5.41, 5.74) is 1.61. The molecule has 0 atom stereocenters. The fraction of sp³-hybridized carbons (Fsp3) is 0.182. The summed E-state index contributed by atoms with van der Waals surface area (Å²) >= 11 is 0. The number of aromatic nitrogens is 3. The monoisotopic (exact) mass is 216 g/mol. The second-order valence-corrected chi connectivity index (χ2v) is 3.28. The largest absolute Gasteiger partial charge is 0.323 e. The average molecular weight is 216 g/mol. The number of pyridine rings is 1. The number of nitrogens with one attached hydrogen (secondary N) is 1. The van der Waals surface area contributed by atoms with E-state index >= 15 is 0 Å². The summed E-state index contributed by atoms with van der Waals surface area (Å²) in [5, 5.41) is 6.89. The normalized spacial score (nSPS) is 10.1. The zero-order valence-corrected chi connectivity index (χ0v) is 8.92. The Kier molecular flexibility index (Phi) is 2.95. The molecule has 0 saturated carbocycles. The predicted molar refractivity (Wildman–Crippen MR) is 60.3 cm³/mol. The Bertz CT molecular complexity index is 478. The van der Waals surface area contributed by atoms with E-state index in [0.717, 1.165) is 5.69 Å². The van der Waals surface area contributed by atoms with Gasteiger partial charge in [-0.05, 0) is 12.1 Å². The lowest BCUT2D eigenvalue weighted by molar-refractivity contribution is -0.115. The van der Waals surface area contributed by atoms with Crippen molar-refractivity contribution in [3.8, 4) is 5.69 Å². The Hall–Kier alpha value is -2.17. The summed E-state index contributed by atoms with van der Waals surface area (Å²) in [6, 6.07) is 3.69. The fourth-order valence-electron chi connectivity index (χ4n) is 1.27. The molecule has 0 unspecified atom stereocenters. The predicted octanol–water partition coefficient (Wildman–Crippen LogP) is 1.62. The molecule has 2 rings (SSSR count). The molecule has 0 aliphatic carbocycles. The highest BCUT2D eigenvalue weighted by Gasteiger charge is 2.02. The van der Waals surface area contributed by atoms with E-state index in [2.05, 4.69) is 15.4 Å². The van der Waals surface area contributed by atoms with Gasteiger partial charge in [0.1, 0.15) is 0 Å². The number of anilines is 1. The molecule has 0 aromatic carbocycles. The quantitative estimate of drug-likeness (QED) is 0.848. The van der Waals surface area contributed by atoms with Crippen molar-refractivity contribution in [2.45, 2.75) is 13.3 Å². The number of amides is 1.